The van der Waals surface area contributed by atoms with Crippen molar-refractivity contribution in [2.75, 3.05) is 18.5 Å². The summed E-state index contributed by atoms with van der Waals surface area (Å²) < 4.78 is 5.28. The maximum Gasteiger partial charge on any atom is 0.341 e. The smallest absolute Gasteiger partial charge is 0.341 e. The molecule has 2 heterocycles. The zero-order chi connectivity index (χ0) is 26.5. The molecule has 192 valence electrons. The SMILES string of the molecule is CCOC(=O)c1c(-c2ccc(C)c(C)c2)csc1NC(=O)CCCCCN1C(=O)c2ccccc2C1=O. The molecule has 1 aliphatic rings. The van der Waals surface area contributed by atoms with Gasteiger partial charge >= 0.3 is 5.97 Å². The average Bonchev–Trinajstić information content (AvgIpc) is 3.40. The Morgan fingerprint density at radius 3 is 2.27 bits per heavy atom. The molecule has 3 amide bonds. The fourth-order valence-corrected chi connectivity index (χ4v) is 5.31. The molecule has 1 aromatic heterocycles. The van der Waals surface area contributed by atoms with Crippen LogP contribution in [0.1, 0.15) is 74.8 Å². The van der Waals surface area contributed by atoms with Crippen molar-refractivity contribution < 1.29 is 23.9 Å². The fourth-order valence-electron chi connectivity index (χ4n) is 4.34. The summed E-state index contributed by atoms with van der Waals surface area (Å²) in [6.07, 6.45) is 2.16. The summed E-state index contributed by atoms with van der Waals surface area (Å²) in [4.78, 5) is 51.7. The molecule has 0 saturated heterocycles. The number of nitrogens with zero attached hydrogens (tertiary/aromatic N) is 1. The maximum atomic E-state index is 12.8. The lowest BCUT2D eigenvalue weighted by Gasteiger charge is -2.13. The van der Waals surface area contributed by atoms with Gasteiger partial charge in [-0.25, -0.2) is 4.79 Å². The highest BCUT2D eigenvalue weighted by Gasteiger charge is 2.34. The number of hydrogen-bond acceptors (Lipinski definition) is 6. The number of benzene rings is 2. The second-order valence-electron chi connectivity index (χ2n) is 9.04. The van der Waals surface area contributed by atoms with E-state index in [-0.39, 0.29) is 30.7 Å². The van der Waals surface area contributed by atoms with E-state index in [1.165, 1.54) is 16.2 Å². The Bertz CT molecular complexity index is 1330. The quantitative estimate of drug-likeness (QED) is 0.202. The first-order chi connectivity index (χ1) is 17.8. The summed E-state index contributed by atoms with van der Waals surface area (Å²) in [6.45, 7) is 6.36. The largest absolute Gasteiger partial charge is 0.462 e. The number of nitrogens with one attached hydrogen (secondary N) is 1. The van der Waals surface area contributed by atoms with Crippen molar-refractivity contribution >= 4 is 40.0 Å². The molecule has 4 rings (SSSR count). The van der Waals surface area contributed by atoms with Crippen molar-refractivity contribution in [3.05, 3.63) is 75.7 Å². The van der Waals surface area contributed by atoms with Crippen LogP contribution in [-0.2, 0) is 9.53 Å². The van der Waals surface area contributed by atoms with Crippen LogP contribution in [0.4, 0.5) is 5.00 Å². The third-order valence-electron chi connectivity index (χ3n) is 6.51. The molecule has 3 aromatic rings. The van der Waals surface area contributed by atoms with Gasteiger partial charge < -0.3 is 10.1 Å². The van der Waals surface area contributed by atoms with Crippen molar-refractivity contribution in [1.29, 1.82) is 0 Å². The van der Waals surface area contributed by atoms with Gasteiger partial charge in [-0.2, -0.15) is 0 Å². The minimum atomic E-state index is -0.465. The number of anilines is 1. The van der Waals surface area contributed by atoms with Crippen LogP contribution in [0.3, 0.4) is 0 Å². The Balaban J connectivity index is 1.33. The van der Waals surface area contributed by atoms with Crippen LogP contribution in [0.15, 0.2) is 47.8 Å². The zero-order valence-electron chi connectivity index (χ0n) is 21.3. The van der Waals surface area contributed by atoms with Gasteiger partial charge in [-0.1, -0.05) is 36.8 Å². The number of rotatable bonds is 10. The van der Waals surface area contributed by atoms with Gasteiger partial charge in [0.25, 0.3) is 11.8 Å². The molecule has 0 radical (unpaired) electrons. The first-order valence-electron chi connectivity index (χ1n) is 12.4. The van der Waals surface area contributed by atoms with Crippen molar-refractivity contribution in [2.24, 2.45) is 0 Å². The van der Waals surface area contributed by atoms with Gasteiger partial charge in [-0.15, -0.1) is 11.3 Å². The van der Waals surface area contributed by atoms with Crippen LogP contribution in [0.5, 0.6) is 0 Å². The van der Waals surface area contributed by atoms with E-state index in [9.17, 15) is 19.2 Å². The summed E-state index contributed by atoms with van der Waals surface area (Å²) >= 11 is 1.30. The number of imide groups is 1. The minimum Gasteiger partial charge on any atom is -0.462 e. The van der Waals surface area contributed by atoms with E-state index in [1.54, 1.807) is 31.2 Å². The van der Waals surface area contributed by atoms with Crippen LogP contribution in [-0.4, -0.2) is 41.7 Å². The van der Waals surface area contributed by atoms with Gasteiger partial charge in [0, 0.05) is 23.9 Å². The van der Waals surface area contributed by atoms with E-state index < -0.39 is 5.97 Å². The molecule has 0 unspecified atom stereocenters. The van der Waals surface area contributed by atoms with E-state index >= 15 is 0 Å². The number of amides is 3. The Labute approximate surface area is 220 Å². The van der Waals surface area contributed by atoms with Crippen molar-refractivity contribution in [3.8, 4) is 11.1 Å². The number of aryl methyl sites for hydroxylation is 2. The Morgan fingerprint density at radius 1 is 0.919 bits per heavy atom. The molecule has 2 aromatic carbocycles. The molecule has 0 saturated carbocycles. The highest BCUT2D eigenvalue weighted by atomic mass is 32.1. The number of ether oxygens (including phenoxy) is 1. The van der Waals surface area contributed by atoms with E-state index in [0.717, 1.165) is 22.3 Å². The Morgan fingerprint density at radius 2 is 1.62 bits per heavy atom. The van der Waals surface area contributed by atoms with E-state index in [0.29, 0.717) is 47.5 Å². The number of fused-ring (bicyclic) bond motifs is 1. The van der Waals surface area contributed by atoms with Crippen molar-refractivity contribution in [3.63, 3.8) is 0 Å². The number of unbranched alkanes of at least 4 members (excludes halogenated alkanes) is 2. The predicted octanol–water partition coefficient (Wildman–Crippen LogP) is 6.00. The predicted molar refractivity (Wildman–Crippen MR) is 144 cm³/mol. The molecule has 8 heteroatoms. The number of hydrogen-bond donors (Lipinski definition) is 1. The normalized spacial score (nSPS) is 12.6. The standard InChI is InChI=1S/C29H30N2O5S/c1-4-36-29(35)25-23(20-14-13-18(2)19(3)16-20)17-37-26(25)30-24(32)12-6-5-9-15-31-27(33)21-10-7-8-11-22(21)28(31)34/h7-8,10-11,13-14,16-17H,4-6,9,12,15H2,1-3H3,(H,30,32). The third kappa shape index (κ3) is 5.64. The van der Waals surface area contributed by atoms with Crippen molar-refractivity contribution in [2.45, 2.75) is 46.5 Å². The Hall–Kier alpha value is -3.78. The summed E-state index contributed by atoms with van der Waals surface area (Å²) in [5.41, 5.74) is 5.17. The topological polar surface area (TPSA) is 92.8 Å². The second-order valence-corrected chi connectivity index (χ2v) is 9.92. The van der Waals surface area contributed by atoms with E-state index in [2.05, 4.69) is 5.32 Å². The lowest BCUT2D eigenvalue weighted by molar-refractivity contribution is -0.116. The number of thiophene rings is 1. The van der Waals surface area contributed by atoms with Crippen LogP contribution < -0.4 is 5.32 Å². The van der Waals surface area contributed by atoms with Crippen LogP contribution in [0.25, 0.3) is 11.1 Å². The zero-order valence-corrected chi connectivity index (χ0v) is 22.1. The molecular formula is C29H30N2O5S. The molecule has 37 heavy (non-hydrogen) atoms. The second kappa shape index (κ2) is 11.5. The molecule has 7 nitrogen and oxygen atoms in total. The van der Waals surface area contributed by atoms with Gasteiger partial charge in [0.15, 0.2) is 0 Å². The lowest BCUT2D eigenvalue weighted by Crippen LogP contribution is -2.30. The van der Waals surface area contributed by atoms with Gasteiger partial charge in [0.1, 0.15) is 10.6 Å². The average molecular weight is 519 g/mol. The summed E-state index contributed by atoms with van der Waals surface area (Å²) in [6, 6.07) is 12.8. The molecule has 1 aliphatic heterocycles. The summed E-state index contributed by atoms with van der Waals surface area (Å²) in [5, 5.41) is 5.23. The van der Waals surface area contributed by atoms with Gasteiger partial charge in [-0.05, 0) is 62.4 Å². The first-order valence-corrected chi connectivity index (χ1v) is 13.3. The lowest BCUT2D eigenvalue weighted by atomic mass is 9.99. The number of carbonyl (C=O) groups is 4. The summed E-state index contributed by atoms with van der Waals surface area (Å²) in [5.74, 6) is -1.18. The number of carbonyl (C=O) groups excluding carboxylic acids is 4. The van der Waals surface area contributed by atoms with Gasteiger partial charge in [0.2, 0.25) is 5.91 Å². The van der Waals surface area contributed by atoms with Crippen molar-refractivity contribution in [1.82, 2.24) is 4.90 Å². The molecule has 0 bridgehead atoms. The molecular weight excluding hydrogens is 488 g/mol. The van der Waals surface area contributed by atoms with E-state index in [1.807, 2.05) is 37.4 Å². The third-order valence-corrected chi connectivity index (χ3v) is 7.40. The highest BCUT2D eigenvalue weighted by Crippen LogP contribution is 2.37. The van der Waals surface area contributed by atoms with Gasteiger partial charge in [-0.3, -0.25) is 19.3 Å². The van der Waals surface area contributed by atoms with E-state index in [4.69, 9.17) is 4.74 Å². The maximum absolute atomic E-state index is 12.8. The Kier molecular flexibility index (Phi) is 8.18. The van der Waals surface area contributed by atoms with Crippen LogP contribution >= 0.6 is 11.3 Å². The van der Waals surface area contributed by atoms with Crippen LogP contribution in [0.2, 0.25) is 0 Å². The minimum absolute atomic E-state index is 0.195. The highest BCUT2D eigenvalue weighted by molar-refractivity contribution is 7.15. The van der Waals surface area contributed by atoms with Crippen LogP contribution in [0, 0.1) is 13.8 Å². The molecule has 1 N–H and O–H groups in total. The molecule has 0 fully saturated rings. The number of esters is 1. The monoisotopic (exact) mass is 518 g/mol. The molecule has 0 atom stereocenters. The molecule has 0 aliphatic carbocycles. The van der Waals surface area contributed by atoms with Gasteiger partial charge in [0.05, 0.1) is 17.7 Å². The summed E-state index contributed by atoms with van der Waals surface area (Å²) in [7, 11) is 0. The first kappa shape index (κ1) is 26.3. The fraction of sp³-hybridized carbons (Fsp3) is 0.310. The molecule has 0 spiro atoms.